The van der Waals surface area contributed by atoms with Crippen LogP contribution in [0.1, 0.15) is 43.0 Å². The second-order valence-corrected chi connectivity index (χ2v) is 10.2. The van der Waals surface area contributed by atoms with E-state index >= 15 is 0 Å². The van der Waals surface area contributed by atoms with E-state index in [0.717, 1.165) is 12.1 Å². The van der Waals surface area contributed by atoms with Gasteiger partial charge in [0.05, 0.1) is 13.0 Å². The Morgan fingerprint density at radius 2 is 1.62 bits per heavy atom. The first-order valence-corrected chi connectivity index (χ1v) is 13.0. The molecule has 39 heavy (non-hydrogen) atoms. The van der Waals surface area contributed by atoms with Crippen molar-refractivity contribution < 1.29 is 49.7 Å². The Morgan fingerprint density at radius 1 is 1.03 bits per heavy atom. The minimum Gasteiger partial charge on any atom is -0.466 e. The molecule has 0 saturated heterocycles. The third-order valence-electron chi connectivity index (χ3n) is 6.37. The predicted molar refractivity (Wildman–Crippen MR) is 128 cm³/mol. The number of nitrogens with one attached hydrogen (secondary N) is 1. The van der Waals surface area contributed by atoms with Crippen molar-refractivity contribution in [1.29, 1.82) is 0 Å². The lowest BCUT2D eigenvalue weighted by atomic mass is 9.76. The van der Waals surface area contributed by atoms with Gasteiger partial charge in [-0.25, -0.2) is 0 Å². The Kier molecular flexibility index (Phi) is 8.49. The molecule has 212 valence electrons. The van der Waals surface area contributed by atoms with Gasteiger partial charge in [0.1, 0.15) is 6.04 Å². The van der Waals surface area contributed by atoms with Crippen LogP contribution in [0.3, 0.4) is 0 Å². The molecular weight excluding hydrogens is 554 g/mol. The van der Waals surface area contributed by atoms with E-state index in [1.165, 1.54) is 31.1 Å². The number of hydrogen-bond acceptors (Lipinski definition) is 5. The molecule has 0 bridgehead atoms. The van der Waals surface area contributed by atoms with Crippen LogP contribution in [-0.4, -0.2) is 52.1 Å². The zero-order chi connectivity index (χ0) is 29.3. The van der Waals surface area contributed by atoms with Crippen LogP contribution in [-0.2, 0) is 41.9 Å². The average molecular weight is 579 g/mol. The topological polar surface area (TPSA) is 92.8 Å². The molecule has 0 spiro atoms. The fourth-order valence-electron chi connectivity index (χ4n) is 4.45. The van der Waals surface area contributed by atoms with Crippen LogP contribution >= 0.6 is 0 Å². The fourth-order valence-corrected chi connectivity index (χ4v) is 5.02. The molecule has 0 fully saturated rings. The van der Waals surface area contributed by atoms with Gasteiger partial charge in [-0.1, -0.05) is 18.2 Å². The molecule has 2 unspecified atom stereocenters. The molecule has 1 N–H and O–H groups in total. The van der Waals surface area contributed by atoms with E-state index < -0.39 is 71.0 Å². The van der Waals surface area contributed by atoms with Crippen molar-refractivity contribution in [3.63, 3.8) is 0 Å². The maximum absolute atomic E-state index is 14.0. The van der Waals surface area contributed by atoms with Crippen molar-refractivity contribution in [2.45, 2.75) is 55.5 Å². The highest BCUT2D eigenvalue weighted by Crippen LogP contribution is 2.54. The van der Waals surface area contributed by atoms with Crippen LogP contribution < -0.4 is 5.32 Å². The standard InChI is InChI=1S/C25H24F6N2O5S/c1-4-38-20(35)12-23(24(26,27)28,25(29,30)31)16-5-7-17(8-6-16)32-22(36)21-19-10-9-18(39(3)37)11-15(19)13-33(21)14(2)34/h5-11,21H,4,12-13H2,1-3H3,(H,32,36). The smallest absolute Gasteiger partial charge is 0.407 e. The normalized spacial score (nSPS) is 16.4. The van der Waals surface area contributed by atoms with E-state index in [-0.39, 0.29) is 12.2 Å². The number of nitrogens with zero attached hydrogens (tertiary/aromatic N) is 1. The van der Waals surface area contributed by atoms with E-state index in [0.29, 0.717) is 28.2 Å². The van der Waals surface area contributed by atoms with E-state index in [1.54, 1.807) is 12.1 Å². The maximum Gasteiger partial charge on any atom is 0.407 e. The number of esters is 1. The number of benzene rings is 2. The van der Waals surface area contributed by atoms with Crippen molar-refractivity contribution in [2.75, 3.05) is 18.2 Å². The number of ether oxygens (including phenoxy) is 1. The summed E-state index contributed by atoms with van der Waals surface area (Å²) >= 11 is 0. The van der Waals surface area contributed by atoms with Crippen LogP contribution in [0.15, 0.2) is 47.4 Å². The fraction of sp³-hybridized carbons (Fsp3) is 0.400. The van der Waals surface area contributed by atoms with Gasteiger partial charge in [0.2, 0.25) is 5.91 Å². The van der Waals surface area contributed by atoms with Crippen LogP contribution in [0.2, 0.25) is 0 Å². The van der Waals surface area contributed by atoms with Crippen LogP contribution in [0.25, 0.3) is 0 Å². The van der Waals surface area contributed by atoms with Crippen molar-refractivity contribution in [3.8, 4) is 0 Å². The van der Waals surface area contributed by atoms with Gasteiger partial charge >= 0.3 is 18.3 Å². The number of hydrogen-bond donors (Lipinski definition) is 1. The van der Waals surface area contributed by atoms with Crippen molar-refractivity contribution in [1.82, 2.24) is 4.90 Å². The summed E-state index contributed by atoms with van der Waals surface area (Å²) in [6.45, 7) is 2.12. The second-order valence-electron chi connectivity index (χ2n) is 8.81. The highest BCUT2D eigenvalue weighted by atomic mass is 32.2. The van der Waals surface area contributed by atoms with Gasteiger partial charge in [0, 0.05) is 41.1 Å². The molecule has 2 aromatic carbocycles. The number of carbonyl (C=O) groups excluding carboxylic acids is 3. The Bertz CT molecular complexity index is 1280. The maximum atomic E-state index is 14.0. The van der Waals surface area contributed by atoms with Crippen molar-refractivity contribution in [3.05, 3.63) is 59.2 Å². The van der Waals surface area contributed by atoms with Gasteiger partial charge in [0.15, 0.2) is 5.41 Å². The minimum absolute atomic E-state index is 0.0419. The summed E-state index contributed by atoms with van der Waals surface area (Å²) in [5.74, 6) is -2.89. The first-order valence-electron chi connectivity index (χ1n) is 11.5. The molecule has 1 heterocycles. The number of halogens is 6. The molecular formula is C25H24F6N2O5S. The number of alkyl halides is 6. The SMILES string of the molecule is CCOC(=O)CC(c1ccc(NC(=O)C2c3ccc(S(C)=O)cc3CN2C(C)=O)cc1)(C(F)(F)F)C(F)(F)F. The average Bonchev–Trinajstić information content (AvgIpc) is 3.21. The summed E-state index contributed by atoms with van der Waals surface area (Å²) in [5, 5.41) is 2.42. The molecule has 2 aromatic rings. The van der Waals surface area contributed by atoms with Gasteiger partial charge in [-0.15, -0.1) is 0 Å². The molecule has 1 aliphatic heterocycles. The lowest BCUT2D eigenvalue weighted by molar-refractivity contribution is -0.305. The zero-order valence-corrected chi connectivity index (χ0v) is 21.7. The minimum atomic E-state index is -5.90. The van der Waals surface area contributed by atoms with Gasteiger partial charge in [-0.3, -0.25) is 18.6 Å². The van der Waals surface area contributed by atoms with E-state index in [1.807, 2.05) is 0 Å². The summed E-state index contributed by atoms with van der Waals surface area (Å²) in [6, 6.07) is 6.30. The molecule has 7 nitrogen and oxygen atoms in total. The molecule has 2 amide bonds. The highest BCUT2D eigenvalue weighted by Gasteiger charge is 2.72. The number of fused-ring (bicyclic) bond motifs is 1. The highest BCUT2D eigenvalue weighted by molar-refractivity contribution is 7.84. The Hall–Kier alpha value is -3.42. The molecule has 2 atom stereocenters. The molecule has 3 rings (SSSR count). The van der Waals surface area contributed by atoms with E-state index in [4.69, 9.17) is 0 Å². The van der Waals surface area contributed by atoms with Crippen molar-refractivity contribution >= 4 is 34.3 Å². The van der Waals surface area contributed by atoms with Gasteiger partial charge in [-0.05, 0) is 47.9 Å². The van der Waals surface area contributed by atoms with Gasteiger partial charge in [-0.2, -0.15) is 26.3 Å². The Balaban J connectivity index is 1.95. The first-order chi connectivity index (χ1) is 18.0. The van der Waals surface area contributed by atoms with Crippen LogP contribution in [0.4, 0.5) is 32.0 Å². The number of amides is 2. The monoisotopic (exact) mass is 578 g/mol. The molecule has 1 aliphatic rings. The van der Waals surface area contributed by atoms with E-state index in [9.17, 15) is 44.9 Å². The Labute approximate surface area is 222 Å². The number of carbonyl (C=O) groups is 3. The third-order valence-corrected chi connectivity index (χ3v) is 7.29. The molecule has 0 saturated carbocycles. The Morgan fingerprint density at radius 3 is 2.10 bits per heavy atom. The third kappa shape index (κ3) is 5.80. The van der Waals surface area contributed by atoms with Gasteiger partial charge in [0.25, 0.3) is 5.91 Å². The predicted octanol–water partition coefficient (Wildman–Crippen LogP) is 4.78. The van der Waals surface area contributed by atoms with Gasteiger partial charge < -0.3 is 15.0 Å². The molecule has 0 radical (unpaired) electrons. The summed E-state index contributed by atoms with van der Waals surface area (Å²) in [7, 11) is -1.32. The first kappa shape index (κ1) is 30.1. The summed E-state index contributed by atoms with van der Waals surface area (Å²) in [4.78, 5) is 38.9. The lowest BCUT2D eigenvalue weighted by Gasteiger charge is -2.37. The zero-order valence-electron chi connectivity index (χ0n) is 20.9. The van der Waals surface area contributed by atoms with Crippen molar-refractivity contribution in [2.24, 2.45) is 0 Å². The van der Waals surface area contributed by atoms with E-state index in [2.05, 4.69) is 10.1 Å². The molecule has 14 heteroatoms. The molecule has 0 aliphatic carbocycles. The number of anilines is 1. The lowest BCUT2D eigenvalue weighted by Crippen LogP contribution is -2.55. The summed E-state index contributed by atoms with van der Waals surface area (Å²) in [5.41, 5.74) is -4.92. The summed E-state index contributed by atoms with van der Waals surface area (Å²) in [6.07, 6.45) is -12.4. The largest absolute Gasteiger partial charge is 0.466 e. The number of rotatable bonds is 7. The van der Waals surface area contributed by atoms with Crippen LogP contribution in [0, 0.1) is 0 Å². The summed E-state index contributed by atoms with van der Waals surface area (Å²) < 4.78 is 99.9. The quantitative estimate of drug-likeness (QED) is 0.377. The second kappa shape index (κ2) is 11.0. The molecule has 0 aromatic heterocycles. The van der Waals surface area contributed by atoms with Crippen LogP contribution in [0.5, 0.6) is 0 Å².